The number of carboxylic acids is 1. The van der Waals surface area contributed by atoms with Gasteiger partial charge in [-0.25, -0.2) is 9.97 Å². The number of anilines is 1. The van der Waals surface area contributed by atoms with Crippen LogP contribution in [0.3, 0.4) is 0 Å². The van der Waals surface area contributed by atoms with Crippen molar-refractivity contribution in [3.05, 3.63) is 17.3 Å². The maximum atomic E-state index is 11.3. The highest BCUT2D eigenvalue weighted by Crippen LogP contribution is 2.37. The van der Waals surface area contributed by atoms with Crippen LogP contribution in [0.25, 0.3) is 10.2 Å². The maximum absolute atomic E-state index is 11.3. The first-order valence-electron chi connectivity index (χ1n) is 6.18. The van der Waals surface area contributed by atoms with Crippen molar-refractivity contribution in [3.8, 4) is 0 Å². The zero-order valence-electron chi connectivity index (χ0n) is 10.9. The van der Waals surface area contributed by atoms with E-state index in [4.69, 9.17) is 0 Å². The molecule has 0 saturated carbocycles. The molecule has 0 amide bonds. The molecule has 1 aliphatic heterocycles. The highest BCUT2D eigenvalue weighted by molar-refractivity contribution is 7.17. The molecule has 2 aromatic heterocycles. The first-order chi connectivity index (χ1) is 9.01. The van der Waals surface area contributed by atoms with Gasteiger partial charge in [-0.3, -0.25) is 4.79 Å². The van der Waals surface area contributed by atoms with Gasteiger partial charge in [0.2, 0.25) is 0 Å². The minimum atomic E-state index is -0.734. The Labute approximate surface area is 114 Å². The fourth-order valence-corrected chi connectivity index (χ4v) is 3.44. The molecule has 2 aromatic rings. The van der Waals surface area contributed by atoms with Crippen LogP contribution in [0.4, 0.5) is 5.82 Å². The van der Waals surface area contributed by atoms with Crippen LogP contribution in [0.1, 0.15) is 18.9 Å². The highest BCUT2D eigenvalue weighted by atomic mass is 32.1. The summed E-state index contributed by atoms with van der Waals surface area (Å²) in [5.41, 5.74) is 0.473. The molecule has 1 unspecified atom stereocenters. The molecule has 5 nitrogen and oxygen atoms in total. The van der Waals surface area contributed by atoms with Crippen LogP contribution in [0.5, 0.6) is 0 Å². The average Bonchev–Trinajstić information content (AvgIpc) is 2.95. The highest BCUT2D eigenvalue weighted by Gasteiger charge is 2.41. The molecule has 0 aliphatic carbocycles. The Morgan fingerprint density at radius 3 is 3.00 bits per heavy atom. The van der Waals surface area contributed by atoms with Gasteiger partial charge < -0.3 is 10.0 Å². The molecule has 0 spiro atoms. The predicted octanol–water partition coefficient (Wildman–Crippen LogP) is 2.30. The lowest BCUT2D eigenvalue weighted by atomic mass is 9.90. The van der Waals surface area contributed by atoms with Crippen molar-refractivity contribution in [2.75, 3.05) is 18.0 Å². The van der Waals surface area contributed by atoms with Crippen molar-refractivity contribution < 1.29 is 9.90 Å². The monoisotopic (exact) mass is 277 g/mol. The Balaban J connectivity index is 2.03. The van der Waals surface area contributed by atoms with Crippen LogP contribution >= 0.6 is 11.3 Å². The average molecular weight is 277 g/mol. The Morgan fingerprint density at radius 2 is 2.32 bits per heavy atom. The van der Waals surface area contributed by atoms with Gasteiger partial charge in [-0.15, -0.1) is 11.3 Å². The minimum Gasteiger partial charge on any atom is -0.481 e. The van der Waals surface area contributed by atoms with Gasteiger partial charge in [-0.1, -0.05) is 0 Å². The largest absolute Gasteiger partial charge is 0.481 e. The molecule has 3 heterocycles. The summed E-state index contributed by atoms with van der Waals surface area (Å²) in [7, 11) is 0. The number of hydrogen-bond acceptors (Lipinski definition) is 5. The molecule has 0 radical (unpaired) electrons. The second-order valence-corrected chi connectivity index (χ2v) is 6.19. The summed E-state index contributed by atoms with van der Waals surface area (Å²) >= 11 is 1.60. The molecule has 100 valence electrons. The SMILES string of the molecule is Cc1csc2ncnc(N3CCC(C)(C(=O)O)C3)c12. The molecule has 1 N–H and O–H groups in total. The molecule has 0 bridgehead atoms. The van der Waals surface area contributed by atoms with Gasteiger partial charge in [0.25, 0.3) is 0 Å². The smallest absolute Gasteiger partial charge is 0.311 e. The van der Waals surface area contributed by atoms with Crippen LogP contribution in [-0.4, -0.2) is 34.1 Å². The quantitative estimate of drug-likeness (QED) is 0.912. The summed E-state index contributed by atoms with van der Waals surface area (Å²) in [5.74, 6) is 0.135. The Kier molecular flexibility index (Phi) is 2.70. The summed E-state index contributed by atoms with van der Waals surface area (Å²) in [5, 5.41) is 12.4. The van der Waals surface area contributed by atoms with Crippen molar-refractivity contribution >= 4 is 33.3 Å². The van der Waals surface area contributed by atoms with Crippen molar-refractivity contribution in [1.29, 1.82) is 0 Å². The van der Waals surface area contributed by atoms with Gasteiger partial charge in [0.1, 0.15) is 17.0 Å². The van der Waals surface area contributed by atoms with Gasteiger partial charge in [-0.2, -0.15) is 0 Å². The number of nitrogens with zero attached hydrogens (tertiary/aromatic N) is 3. The zero-order chi connectivity index (χ0) is 13.6. The van der Waals surface area contributed by atoms with E-state index in [2.05, 4.69) is 20.2 Å². The van der Waals surface area contributed by atoms with Crippen molar-refractivity contribution in [2.24, 2.45) is 5.41 Å². The second-order valence-electron chi connectivity index (χ2n) is 5.33. The van der Waals surface area contributed by atoms with Crippen LogP contribution in [-0.2, 0) is 4.79 Å². The van der Waals surface area contributed by atoms with Crippen molar-refractivity contribution in [1.82, 2.24) is 9.97 Å². The van der Waals surface area contributed by atoms with E-state index in [1.165, 1.54) is 0 Å². The predicted molar refractivity (Wildman–Crippen MR) is 74.7 cm³/mol. The van der Waals surface area contributed by atoms with Crippen LogP contribution < -0.4 is 4.90 Å². The summed E-state index contributed by atoms with van der Waals surface area (Å²) in [6, 6.07) is 0. The van der Waals surface area contributed by atoms with Crippen LogP contribution in [0, 0.1) is 12.3 Å². The molecule has 3 rings (SSSR count). The number of aliphatic carboxylic acids is 1. The first-order valence-corrected chi connectivity index (χ1v) is 7.06. The maximum Gasteiger partial charge on any atom is 0.311 e. The van der Waals surface area contributed by atoms with Gasteiger partial charge in [0.05, 0.1) is 10.8 Å². The molecule has 19 heavy (non-hydrogen) atoms. The van der Waals surface area contributed by atoms with Gasteiger partial charge >= 0.3 is 5.97 Å². The third-order valence-electron chi connectivity index (χ3n) is 3.82. The number of hydrogen-bond donors (Lipinski definition) is 1. The third-order valence-corrected chi connectivity index (χ3v) is 4.83. The Morgan fingerprint density at radius 1 is 1.53 bits per heavy atom. The van der Waals surface area contributed by atoms with Crippen LogP contribution in [0.2, 0.25) is 0 Å². The molecular weight excluding hydrogens is 262 g/mol. The van der Waals surface area contributed by atoms with Gasteiger partial charge in [0.15, 0.2) is 0 Å². The van der Waals surface area contributed by atoms with E-state index in [1.807, 2.05) is 6.92 Å². The topological polar surface area (TPSA) is 66.3 Å². The Bertz CT molecular complexity index is 654. The van der Waals surface area contributed by atoms with E-state index in [-0.39, 0.29) is 0 Å². The fraction of sp³-hybridized carbons (Fsp3) is 0.462. The number of aryl methyl sites for hydroxylation is 1. The van der Waals surface area contributed by atoms with E-state index in [0.29, 0.717) is 13.0 Å². The molecule has 1 saturated heterocycles. The van der Waals surface area contributed by atoms with E-state index in [0.717, 1.165) is 28.1 Å². The molecule has 1 fully saturated rings. The van der Waals surface area contributed by atoms with Gasteiger partial charge in [-0.05, 0) is 31.2 Å². The van der Waals surface area contributed by atoms with Crippen LogP contribution in [0.15, 0.2) is 11.7 Å². The first kappa shape index (κ1) is 12.3. The number of rotatable bonds is 2. The zero-order valence-corrected chi connectivity index (χ0v) is 11.7. The summed E-state index contributed by atoms with van der Waals surface area (Å²) < 4.78 is 0. The standard InChI is InChI=1S/C13H15N3O2S/c1-8-5-19-11-9(8)10(14-7-15-11)16-4-3-13(2,6-16)12(17)18/h5,7H,3-4,6H2,1-2H3,(H,17,18). The number of fused-ring (bicyclic) bond motifs is 1. The van der Waals surface area contributed by atoms with E-state index in [1.54, 1.807) is 24.6 Å². The number of thiophene rings is 1. The summed E-state index contributed by atoms with van der Waals surface area (Å²) in [4.78, 5) is 23.0. The molecule has 6 heteroatoms. The lowest BCUT2D eigenvalue weighted by Gasteiger charge is -2.21. The van der Waals surface area contributed by atoms with Gasteiger partial charge in [0, 0.05) is 13.1 Å². The molecular formula is C13H15N3O2S. The lowest BCUT2D eigenvalue weighted by Crippen LogP contribution is -2.32. The normalized spacial score (nSPS) is 23.2. The van der Waals surface area contributed by atoms with Crippen molar-refractivity contribution in [2.45, 2.75) is 20.3 Å². The summed E-state index contributed by atoms with van der Waals surface area (Å²) in [6.07, 6.45) is 2.21. The molecule has 0 aromatic carbocycles. The fourth-order valence-electron chi connectivity index (χ4n) is 2.55. The third kappa shape index (κ3) is 1.87. The minimum absolute atomic E-state index is 0.504. The Hall–Kier alpha value is -1.69. The molecule has 1 aliphatic rings. The van der Waals surface area contributed by atoms with E-state index < -0.39 is 11.4 Å². The van der Waals surface area contributed by atoms with E-state index >= 15 is 0 Å². The number of carboxylic acid groups (broad SMARTS) is 1. The van der Waals surface area contributed by atoms with Crippen molar-refractivity contribution in [3.63, 3.8) is 0 Å². The molecule has 1 atom stereocenters. The summed E-state index contributed by atoms with van der Waals surface area (Å²) in [6.45, 7) is 5.07. The second kappa shape index (κ2) is 4.16. The number of carbonyl (C=O) groups is 1. The van der Waals surface area contributed by atoms with E-state index in [9.17, 15) is 9.90 Å². The number of aromatic nitrogens is 2. The lowest BCUT2D eigenvalue weighted by molar-refractivity contribution is -0.146.